The second-order valence-electron chi connectivity index (χ2n) is 6.97. The maximum atomic E-state index is 13.0. The van der Waals surface area contributed by atoms with Gasteiger partial charge >= 0.3 is 18.1 Å². The van der Waals surface area contributed by atoms with E-state index in [9.17, 15) is 37.5 Å². The monoisotopic (exact) mass is 537 g/mol. The van der Waals surface area contributed by atoms with E-state index in [-0.39, 0.29) is 17.5 Å². The zero-order valence-corrected chi connectivity index (χ0v) is 19.1. The fourth-order valence-corrected chi connectivity index (χ4v) is 5.40. The molecule has 17 heteroatoms. The largest absolute Gasteiger partial charge is 0.477 e. The van der Waals surface area contributed by atoms with Crippen LogP contribution in [-0.2, 0) is 24.0 Å². The van der Waals surface area contributed by atoms with Crippen molar-refractivity contribution in [2.75, 3.05) is 22.6 Å². The number of hydrogen-bond acceptors (Lipinski definition) is 10. The van der Waals surface area contributed by atoms with Crippen LogP contribution >= 0.6 is 34.9 Å². The maximum absolute atomic E-state index is 13.0. The number of nitrogens with one attached hydrogen (secondary N) is 2. The molecule has 1 aromatic heterocycles. The van der Waals surface area contributed by atoms with Gasteiger partial charge in [-0.05, 0) is 6.08 Å². The average Bonchev–Trinajstić information content (AvgIpc) is 3.20. The molecule has 3 amide bonds. The van der Waals surface area contributed by atoms with E-state index in [2.05, 4.69) is 15.5 Å². The number of amides is 3. The summed E-state index contributed by atoms with van der Waals surface area (Å²) in [5.41, 5.74) is -0.747. The summed E-state index contributed by atoms with van der Waals surface area (Å²) in [6, 6.07) is -1.05. The third-order valence-electron chi connectivity index (χ3n) is 4.69. The standard InChI is InChI=1S/C17H14F3N5O6S3/c18-17(19,20)15(30)23-16-21-7(5-34-16)9(24-31-6-3-32-4-6)11(26)22-10-12(27)25-8(14(28)29)1-2-33-13(10)25/h1,5-6,10,13H,2-4H2,(H,22,26)(H,28,29)(H,21,23,30)/t10?,13-/m1/s1. The van der Waals surface area contributed by atoms with Crippen LogP contribution in [0.3, 0.4) is 0 Å². The number of rotatable bonds is 7. The first-order valence-electron chi connectivity index (χ1n) is 9.41. The van der Waals surface area contributed by atoms with E-state index in [4.69, 9.17) is 4.84 Å². The van der Waals surface area contributed by atoms with Gasteiger partial charge in [0.25, 0.3) is 11.8 Å². The van der Waals surface area contributed by atoms with Gasteiger partial charge in [0.05, 0.1) is 0 Å². The number of carboxylic acid groups (broad SMARTS) is 1. The molecule has 0 bridgehead atoms. The van der Waals surface area contributed by atoms with Gasteiger partial charge in [-0.1, -0.05) is 5.16 Å². The van der Waals surface area contributed by atoms with Crippen molar-refractivity contribution in [1.29, 1.82) is 0 Å². The number of carbonyl (C=O) groups is 4. The number of carboxylic acids is 1. The minimum absolute atomic E-state index is 0.169. The number of carbonyl (C=O) groups excluding carboxylic acids is 3. The van der Waals surface area contributed by atoms with Crippen LogP contribution in [0.25, 0.3) is 0 Å². The van der Waals surface area contributed by atoms with Crippen molar-refractivity contribution in [1.82, 2.24) is 15.2 Å². The number of halogens is 3. The lowest BCUT2D eigenvalue weighted by molar-refractivity contribution is -0.167. The molecule has 0 saturated carbocycles. The summed E-state index contributed by atoms with van der Waals surface area (Å²) in [4.78, 5) is 58.1. The highest BCUT2D eigenvalue weighted by molar-refractivity contribution is 8.00. The quantitative estimate of drug-likeness (QED) is 0.261. The second kappa shape index (κ2) is 9.46. The first kappa shape index (κ1) is 24.3. The Hall–Kier alpha value is -2.79. The van der Waals surface area contributed by atoms with Crippen molar-refractivity contribution >= 4 is 69.4 Å². The molecule has 4 heterocycles. The van der Waals surface area contributed by atoms with Gasteiger partial charge in [-0.3, -0.25) is 24.6 Å². The molecule has 3 aliphatic heterocycles. The number of alkyl halides is 3. The maximum Gasteiger partial charge on any atom is 0.471 e. The molecule has 2 saturated heterocycles. The number of aromatic nitrogens is 1. The summed E-state index contributed by atoms with van der Waals surface area (Å²) in [5, 5.41) is 17.3. The van der Waals surface area contributed by atoms with E-state index in [0.29, 0.717) is 28.6 Å². The van der Waals surface area contributed by atoms with Crippen LogP contribution in [0, 0.1) is 0 Å². The lowest BCUT2D eigenvalue weighted by Gasteiger charge is -2.48. The Morgan fingerprint density at radius 3 is 2.65 bits per heavy atom. The predicted molar refractivity (Wildman–Crippen MR) is 116 cm³/mol. The molecule has 182 valence electrons. The Kier molecular flexibility index (Phi) is 6.77. The zero-order chi connectivity index (χ0) is 24.6. The number of anilines is 1. The summed E-state index contributed by atoms with van der Waals surface area (Å²) < 4.78 is 37.5. The van der Waals surface area contributed by atoms with E-state index in [1.54, 1.807) is 17.1 Å². The topological polar surface area (TPSA) is 150 Å². The first-order chi connectivity index (χ1) is 16.1. The van der Waals surface area contributed by atoms with Gasteiger partial charge in [0.2, 0.25) is 0 Å². The van der Waals surface area contributed by atoms with Crippen molar-refractivity contribution in [3.8, 4) is 0 Å². The normalized spacial score (nSPS) is 22.7. The number of fused-ring (bicyclic) bond motifs is 1. The fourth-order valence-electron chi connectivity index (χ4n) is 2.96. The lowest BCUT2D eigenvalue weighted by atomic mass is 10.0. The molecule has 2 atom stereocenters. The SMILES string of the molecule is O=C(O)C1=CCS[C@@H]2C(NC(=O)C(=NOC3CSC3)c3csc(NC(=O)C(F)(F)F)n3)C(=O)N12. The van der Waals surface area contributed by atoms with Crippen LogP contribution in [-0.4, -0.2) is 85.3 Å². The third kappa shape index (κ3) is 4.85. The number of aliphatic carboxylic acids is 1. The van der Waals surface area contributed by atoms with Crippen molar-refractivity contribution in [2.45, 2.75) is 23.7 Å². The van der Waals surface area contributed by atoms with Gasteiger partial charge in [0, 0.05) is 22.6 Å². The number of nitrogens with zero attached hydrogens (tertiary/aromatic N) is 3. The summed E-state index contributed by atoms with van der Waals surface area (Å²) in [6.07, 6.45) is -4.00. The molecule has 2 fully saturated rings. The second-order valence-corrected chi connectivity index (χ2v) is 10.1. The van der Waals surface area contributed by atoms with Crippen molar-refractivity contribution in [2.24, 2.45) is 5.16 Å². The van der Waals surface area contributed by atoms with Crippen LogP contribution < -0.4 is 10.6 Å². The molecule has 1 aromatic rings. The Bertz CT molecular complexity index is 1100. The van der Waals surface area contributed by atoms with Gasteiger partial charge in [-0.15, -0.1) is 23.1 Å². The Labute approximate surface area is 201 Å². The molecule has 0 radical (unpaired) electrons. The Morgan fingerprint density at radius 1 is 1.29 bits per heavy atom. The molecular weight excluding hydrogens is 523 g/mol. The van der Waals surface area contributed by atoms with Gasteiger partial charge in [-0.25, -0.2) is 9.78 Å². The average molecular weight is 538 g/mol. The van der Waals surface area contributed by atoms with E-state index in [1.807, 2.05) is 0 Å². The highest BCUT2D eigenvalue weighted by Gasteiger charge is 2.53. The number of thioether (sulfide) groups is 2. The van der Waals surface area contributed by atoms with Crippen LogP contribution in [0.5, 0.6) is 0 Å². The summed E-state index contributed by atoms with van der Waals surface area (Å²) in [7, 11) is 0. The molecule has 11 nitrogen and oxygen atoms in total. The molecule has 0 spiro atoms. The van der Waals surface area contributed by atoms with E-state index in [1.165, 1.54) is 23.2 Å². The lowest BCUT2D eigenvalue weighted by Crippen LogP contribution is -2.70. The molecule has 3 N–H and O–H groups in total. The van der Waals surface area contributed by atoms with E-state index in [0.717, 1.165) is 4.90 Å². The predicted octanol–water partition coefficient (Wildman–Crippen LogP) is 0.848. The number of oxime groups is 1. The minimum Gasteiger partial charge on any atom is -0.477 e. The van der Waals surface area contributed by atoms with Gasteiger partial charge < -0.3 is 15.3 Å². The van der Waals surface area contributed by atoms with Gasteiger partial charge in [0.15, 0.2) is 10.8 Å². The van der Waals surface area contributed by atoms with Crippen LogP contribution in [0.4, 0.5) is 18.3 Å². The molecule has 0 aliphatic carbocycles. The number of hydrogen-bond donors (Lipinski definition) is 3. The van der Waals surface area contributed by atoms with Crippen LogP contribution in [0.1, 0.15) is 5.69 Å². The summed E-state index contributed by atoms with van der Waals surface area (Å²) in [5.74, 6) is -3.45. The van der Waals surface area contributed by atoms with E-state index >= 15 is 0 Å². The van der Waals surface area contributed by atoms with Crippen molar-refractivity contribution in [3.63, 3.8) is 0 Å². The Morgan fingerprint density at radius 2 is 2.03 bits per heavy atom. The van der Waals surface area contributed by atoms with Crippen molar-refractivity contribution in [3.05, 3.63) is 22.8 Å². The van der Waals surface area contributed by atoms with Crippen LogP contribution in [0.2, 0.25) is 0 Å². The highest BCUT2D eigenvalue weighted by atomic mass is 32.2. The minimum atomic E-state index is -5.12. The molecule has 1 unspecified atom stereocenters. The summed E-state index contributed by atoms with van der Waals surface area (Å²) in [6.45, 7) is 0. The fraction of sp³-hybridized carbons (Fsp3) is 0.412. The molecule has 0 aromatic carbocycles. The molecule has 3 aliphatic rings. The van der Waals surface area contributed by atoms with Gasteiger partial charge in [-0.2, -0.15) is 24.9 Å². The van der Waals surface area contributed by atoms with Gasteiger partial charge in [0.1, 0.15) is 28.9 Å². The zero-order valence-electron chi connectivity index (χ0n) is 16.7. The Balaban J connectivity index is 1.50. The highest BCUT2D eigenvalue weighted by Crippen LogP contribution is 2.37. The van der Waals surface area contributed by atoms with Crippen LogP contribution in [0.15, 0.2) is 22.3 Å². The van der Waals surface area contributed by atoms with Crippen molar-refractivity contribution < 1.29 is 42.3 Å². The molecule has 4 rings (SSSR count). The first-order valence-corrected chi connectivity index (χ1v) is 12.5. The smallest absolute Gasteiger partial charge is 0.471 e. The summed E-state index contributed by atoms with van der Waals surface area (Å²) >= 11 is 3.47. The number of thiazole rings is 1. The molecule has 34 heavy (non-hydrogen) atoms. The van der Waals surface area contributed by atoms with E-state index < -0.39 is 52.1 Å². The number of β-lactam (4-membered cyclic amide) rings is 1. The molecular formula is C17H14F3N5O6S3. The third-order valence-corrected chi connectivity index (χ3v) is 7.85.